The normalized spacial score (nSPS) is 18.9. The molecule has 0 atom stereocenters. The van der Waals surface area contributed by atoms with Gasteiger partial charge in [0.1, 0.15) is 0 Å². The van der Waals surface area contributed by atoms with Gasteiger partial charge in [0.2, 0.25) is 0 Å². The smallest absolute Gasteiger partial charge is 0.0593 e. The topological polar surface area (TPSA) is 41.9 Å². The molecule has 1 aliphatic rings. The van der Waals surface area contributed by atoms with Crippen molar-refractivity contribution >= 4 is 0 Å². The number of aliphatic hydroxyl groups is 1. The van der Waals surface area contributed by atoms with Crippen molar-refractivity contribution in [2.45, 2.75) is 52.4 Å². The number of ether oxygens (including phenoxy) is 2. The molecule has 0 radical (unpaired) electrons. The summed E-state index contributed by atoms with van der Waals surface area (Å²) in [6, 6.07) is 0. The summed E-state index contributed by atoms with van der Waals surface area (Å²) in [6.07, 6.45) is 7.46. The Morgan fingerprint density at radius 1 is 0.905 bits per heavy atom. The lowest BCUT2D eigenvalue weighted by molar-refractivity contribution is 0.0273. The first-order chi connectivity index (χ1) is 10.3. The molecule has 4 heteroatoms. The molecule has 1 N–H and O–H groups in total. The zero-order chi connectivity index (χ0) is 15.4. The van der Waals surface area contributed by atoms with Crippen molar-refractivity contribution in [1.29, 1.82) is 0 Å². The van der Waals surface area contributed by atoms with E-state index in [2.05, 4.69) is 4.90 Å². The van der Waals surface area contributed by atoms with Gasteiger partial charge in [0.15, 0.2) is 0 Å². The molecule has 0 heterocycles. The van der Waals surface area contributed by atoms with Crippen LogP contribution in [0.2, 0.25) is 0 Å². The van der Waals surface area contributed by atoms with Crippen molar-refractivity contribution in [3.8, 4) is 0 Å². The van der Waals surface area contributed by atoms with Crippen LogP contribution in [-0.2, 0) is 9.47 Å². The molecule has 0 spiro atoms. The highest BCUT2D eigenvalue weighted by Gasteiger charge is 2.32. The Morgan fingerprint density at radius 2 is 1.43 bits per heavy atom. The molecule has 0 aromatic carbocycles. The van der Waals surface area contributed by atoms with Gasteiger partial charge in [-0.2, -0.15) is 0 Å². The van der Waals surface area contributed by atoms with Gasteiger partial charge in [-0.05, 0) is 26.7 Å². The second kappa shape index (κ2) is 11.4. The molecule has 1 rings (SSSR count). The fraction of sp³-hybridized carbons (Fsp3) is 1.00. The van der Waals surface area contributed by atoms with Crippen LogP contribution in [0.5, 0.6) is 0 Å². The molecule has 0 bridgehead atoms. The molecule has 126 valence electrons. The van der Waals surface area contributed by atoms with Crippen LogP contribution in [0.3, 0.4) is 0 Å². The summed E-state index contributed by atoms with van der Waals surface area (Å²) in [4.78, 5) is 2.42. The van der Waals surface area contributed by atoms with E-state index >= 15 is 0 Å². The van der Waals surface area contributed by atoms with E-state index in [4.69, 9.17) is 9.47 Å². The predicted molar refractivity (Wildman–Crippen MR) is 86.6 cm³/mol. The summed E-state index contributed by atoms with van der Waals surface area (Å²) < 4.78 is 11.0. The number of rotatable bonds is 11. The molecule has 1 fully saturated rings. The van der Waals surface area contributed by atoms with Gasteiger partial charge in [0, 0.05) is 44.9 Å². The van der Waals surface area contributed by atoms with Crippen molar-refractivity contribution in [3.05, 3.63) is 0 Å². The number of hydrogen-bond donors (Lipinski definition) is 1. The zero-order valence-corrected chi connectivity index (χ0v) is 14.1. The van der Waals surface area contributed by atoms with Gasteiger partial charge in [0.05, 0.1) is 13.2 Å². The Hall–Kier alpha value is -0.160. The number of nitrogens with zero attached hydrogens (tertiary/aromatic N) is 1. The lowest BCUT2D eigenvalue weighted by Crippen LogP contribution is -2.43. The monoisotopic (exact) mass is 301 g/mol. The van der Waals surface area contributed by atoms with Gasteiger partial charge in [-0.3, -0.25) is 4.90 Å². The lowest BCUT2D eigenvalue weighted by atomic mass is 9.80. The van der Waals surface area contributed by atoms with Gasteiger partial charge < -0.3 is 14.6 Å². The van der Waals surface area contributed by atoms with Crippen LogP contribution in [0.15, 0.2) is 0 Å². The van der Waals surface area contributed by atoms with Gasteiger partial charge >= 0.3 is 0 Å². The maximum absolute atomic E-state index is 9.97. The van der Waals surface area contributed by atoms with Crippen LogP contribution >= 0.6 is 0 Å². The minimum Gasteiger partial charge on any atom is -0.396 e. The first-order valence-electron chi connectivity index (χ1n) is 8.75. The molecule has 0 aliphatic heterocycles. The van der Waals surface area contributed by atoms with Crippen LogP contribution in [0, 0.1) is 5.41 Å². The van der Waals surface area contributed by atoms with Gasteiger partial charge in [-0.15, -0.1) is 0 Å². The van der Waals surface area contributed by atoms with Crippen molar-refractivity contribution < 1.29 is 14.6 Å². The summed E-state index contributed by atoms with van der Waals surface area (Å²) in [7, 11) is 0. The highest BCUT2D eigenvalue weighted by molar-refractivity contribution is 4.84. The molecule has 0 aromatic rings. The van der Waals surface area contributed by atoms with Gasteiger partial charge in [0.25, 0.3) is 0 Å². The van der Waals surface area contributed by atoms with Crippen molar-refractivity contribution in [3.63, 3.8) is 0 Å². The molecule has 1 aliphatic carbocycles. The summed E-state index contributed by atoms with van der Waals surface area (Å²) in [6.45, 7) is 10.3. The average Bonchev–Trinajstić information content (AvgIpc) is 2.74. The van der Waals surface area contributed by atoms with Crippen LogP contribution in [0.25, 0.3) is 0 Å². The summed E-state index contributed by atoms with van der Waals surface area (Å²) in [5.74, 6) is 0. The molecule has 0 unspecified atom stereocenters. The van der Waals surface area contributed by atoms with Crippen LogP contribution in [-0.4, -0.2) is 62.7 Å². The summed E-state index contributed by atoms with van der Waals surface area (Å²) in [5.41, 5.74) is 0.0922. The van der Waals surface area contributed by atoms with E-state index in [0.29, 0.717) is 6.61 Å². The molecular weight excluding hydrogens is 266 g/mol. The summed E-state index contributed by atoms with van der Waals surface area (Å²) >= 11 is 0. The maximum Gasteiger partial charge on any atom is 0.0593 e. The SMILES string of the molecule is CCOCCN(CCOCC)CC1(CO)CCCCCC1. The second-order valence-electron chi connectivity index (χ2n) is 6.24. The highest BCUT2D eigenvalue weighted by Crippen LogP contribution is 2.35. The van der Waals surface area contributed by atoms with Crippen molar-refractivity contribution in [1.82, 2.24) is 4.90 Å². The first-order valence-corrected chi connectivity index (χ1v) is 8.75. The Balaban J connectivity index is 2.52. The molecular formula is C17H35NO3. The number of hydrogen-bond acceptors (Lipinski definition) is 4. The Labute approximate surface area is 130 Å². The van der Waals surface area contributed by atoms with Crippen LogP contribution in [0.4, 0.5) is 0 Å². The Bertz CT molecular complexity index is 230. The molecule has 0 aromatic heterocycles. The van der Waals surface area contributed by atoms with Crippen molar-refractivity contribution in [2.75, 3.05) is 52.7 Å². The fourth-order valence-electron chi connectivity index (χ4n) is 3.27. The molecule has 1 saturated carbocycles. The highest BCUT2D eigenvalue weighted by atomic mass is 16.5. The summed E-state index contributed by atoms with van der Waals surface area (Å²) in [5, 5.41) is 9.97. The third-order valence-electron chi connectivity index (χ3n) is 4.57. The van der Waals surface area contributed by atoms with E-state index in [-0.39, 0.29) is 5.41 Å². The van der Waals surface area contributed by atoms with Gasteiger partial charge in [-0.25, -0.2) is 0 Å². The molecule has 4 nitrogen and oxygen atoms in total. The third kappa shape index (κ3) is 7.59. The van der Waals surface area contributed by atoms with Crippen LogP contribution < -0.4 is 0 Å². The maximum atomic E-state index is 9.97. The lowest BCUT2D eigenvalue weighted by Gasteiger charge is -2.36. The average molecular weight is 301 g/mol. The predicted octanol–water partition coefficient (Wildman–Crippen LogP) is 2.69. The quantitative estimate of drug-likeness (QED) is 0.471. The van der Waals surface area contributed by atoms with E-state index in [1.54, 1.807) is 0 Å². The molecule has 21 heavy (non-hydrogen) atoms. The van der Waals surface area contributed by atoms with E-state index in [0.717, 1.165) is 58.9 Å². The van der Waals surface area contributed by atoms with E-state index in [9.17, 15) is 5.11 Å². The number of aliphatic hydroxyl groups excluding tert-OH is 1. The Kier molecular flexibility index (Phi) is 10.3. The van der Waals surface area contributed by atoms with Gasteiger partial charge in [-0.1, -0.05) is 25.7 Å². The largest absolute Gasteiger partial charge is 0.396 e. The second-order valence-corrected chi connectivity index (χ2v) is 6.24. The van der Waals surface area contributed by atoms with E-state index in [1.165, 1.54) is 25.7 Å². The van der Waals surface area contributed by atoms with E-state index in [1.807, 2.05) is 13.8 Å². The van der Waals surface area contributed by atoms with Crippen molar-refractivity contribution in [2.24, 2.45) is 5.41 Å². The Morgan fingerprint density at radius 3 is 1.86 bits per heavy atom. The molecule has 0 amide bonds. The van der Waals surface area contributed by atoms with Crippen LogP contribution in [0.1, 0.15) is 52.4 Å². The fourth-order valence-corrected chi connectivity index (χ4v) is 3.27. The minimum absolute atomic E-state index is 0.0922. The first kappa shape index (κ1) is 18.9. The third-order valence-corrected chi connectivity index (χ3v) is 4.57. The standard InChI is InChI=1S/C17H35NO3/c1-3-20-13-11-18(12-14-21-4-2)15-17(16-19)9-7-5-6-8-10-17/h19H,3-16H2,1-2H3. The zero-order valence-electron chi connectivity index (χ0n) is 14.1. The van der Waals surface area contributed by atoms with E-state index < -0.39 is 0 Å². The minimum atomic E-state index is 0.0922. The molecule has 0 saturated heterocycles.